The van der Waals surface area contributed by atoms with Crippen LogP contribution in [0.3, 0.4) is 0 Å². The van der Waals surface area contributed by atoms with E-state index in [-0.39, 0.29) is 18.2 Å². The number of hydrogen-bond donors (Lipinski definition) is 2. The lowest BCUT2D eigenvalue weighted by atomic mass is 9.98. The lowest BCUT2D eigenvalue weighted by molar-refractivity contribution is 0.00544. The van der Waals surface area contributed by atoms with Crippen LogP contribution in [0.15, 0.2) is 4.99 Å². The molecule has 1 saturated carbocycles. The topological polar surface area (TPSA) is 75.2 Å². The van der Waals surface area contributed by atoms with Gasteiger partial charge in [-0.2, -0.15) is 0 Å². The van der Waals surface area contributed by atoms with Gasteiger partial charge in [0, 0.05) is 38.3 Å². The van der Waals surface area contributed by atoms with Crippen LogP contribution in [0.25, 0.3) is 0 Å². The lowest BCUT2D eigenvalue weighted by Crippen LogP contribution is -2.55. The van der Waals surface area contributed by atoms with Crippen molar-refractivity contribution in [2.45, 2.75) is 83.0 Å². The molecule has 3 rings (SSSR count). The highest BCUT2D eigenvalue weighted by Gasteiger charge is 2.45. The molecule has 2 atom stereocenters. The van der Waals surface area contributed by atoms with Crippen LogP contribution in [0, 0.1) is 5.92 Å². The van der Waals surface area contributed by atoms with Crippen molar-refractivity contribution in [2.24, 2.45) is 10.9 Å². The molecule has 2 N–H and O–H groups in total. The first kappa shape index (κ1) is 20.2. The zero-order valence-electron chi connectivity index (χ0n) is 17.3. The van der Waals surface area contributed by atoms with Gasteiger partial charge in [0.25, 0.3) is 0 Å². The molecular weight excluding hydrogens is 344 g/mol. The molecule has 0 radical (unpaired) electrons. The number of ether oxygens (including phenoxy) is 2. The Labute approximate surface area is 163 Å². The highest BCUT2D eigenvalue weighted by atomic mass is 16.6. The number of carbonyl (C=O) groups is 1. The molecule has 7 heteroatoms. The summed E-state index contributed by atoms with van der Waals surface area (Å²) in [6, 6.07) is 0.854. The van der Waals surface area contributed by atoms with E-state index in [4.69, 9.17) is 9.47 Å². The van der Waals surface area contributed by atoms with Crippen molar-refractivity contribution in [3.63, 3.8) is 0 Å². The van der Waals surface area contributed by atoms with Crippen LogP contribution >= 0.6 is 0 Å². The third-order valence-corrected chi connectivity index (χ3v) is 5.49. The van der Waals surface area contributed by atoms with E-state index in [0.717, 1.165) is 50.7 Å². The lowest BCUT2D eigenvalue weighted by Gasteiger charge is -2.40. The van der Waals surface area contributed by atoms with E-state index >= 15 is 0 Å². The first-order valence-electron chi connectivity index (χ1n) is 10.4. The van der Waals surface area contributed by atoms with Gasteiger partial charge in [0.1, 0.15) is 5.60 Å². The summed E-state index contributed by atoms with van der Waals surface area (Å²) in [4.78, 5) is 18.9. The molecule has 3 aliphatic rings. The average Bonchev–Trinajstić information content (AvgIpc) is 3.36. The molecule has 1 aliphatic carbocycles. The monoisotopic (exact) mass is 380 g/mol. The second-order valence-electron chi connectivity index (χ2n) is 9.10. The Hall–Kier alpha value is -1.50. The fourth-order valence-corrected chi connectivity index (χ4v) is 4.07. The van der Waals surface area contributed by atoms with Crippen LogP contribution in [0.1, 0.15) is 59.3 Å². The fourth-order valence-electron chi connectivity index (χ4n) is 4.07. The van der Waals surface area contributed by atoms with E-state index in [1.54, 1.807) is 7.05 Å². The van der Waals surface area contributed by atoms with Crippen molar-refractivity contribution in [1.82, 2.24) is 15.5 Å². The molecular formula is C20H36N4O3. The van der Waals surface area contributed by atoms with Crippen molar-refractivity contribution in [2.75, 3.05) is 26.8 Å². The number of rotatable bonds is 6. The minimum absolute atomic E-state index is 0.163. The SMILES string of the molecule is CN=C(NCCOCC1CC1)NC1CC2CCC(C1)N2C(=O)OC(C)(C)C. The van der Waals surface area contributed by atoms with Gasteiger partial charge in [-0.3, -0.25) is 4.99 Å². The second-order valence-corrected chi connectivity index (χ2v) is 9.10. The normalized spacial score (nSPS) is 28.2. The van der Waals surface area contributed by atoms with Gasteiger partial charge in [0.05, 0.1) is 6.61 Å². The Kier molecular flexibility index (Phi) is 6.50. The third kappa shape index (κ3) is 5.99. The van der Waals surface area contributed by atoms with Crippen LogP contribution in [-0.2, 0) is 9.47 Å². The van der Waals surface area contributed by atoms with E-state index in [0.29, 0.717) is 12.6 Å². The Morgan fingerprint density at radius 1 is 1.15 bits per heavy atom. The Balaban J connectivity index is 1.42. The summed E-state index contributed by atoms with van der Waals surface area (Å²) in [6.07, 6.45) is 6.47. The van der Waals surface area contributed by atoms with E-state index in [1.807, 2.05) is 25.7 Å². The Morgan fingerprint density at radius 3 is 2.37 bits per heavy atom. The van der Waals surface area contributed by atoms with Crippen molar-refractivity contribution in [3.8, 4) is 0 Å². The van der Waals surface area contributed by atoms with Crippen LogP contribution in [0.5, 0.6) is 0 Å². The highest BCUT2D eigenvalue weighted by Crippen LogP contribution is 2.36. The molecule has 27 heavy (non-hydrogen) atoms. The Bertz CT molecular complexity index is 528. The number of hydrogen-bond acceptors (Lipinski definition) is 4. The smallest absolute Gasteiger partial charge is 0.410 e. The summed E-state index contributed by atoms with van der Waals surface area (Å²) in [7, 11) is 1.80. The number of aliphatic imine (C=N–C) groups is 1. The van der Waals surface area contributed by atoms with Gasteiger partial charge in [-0.1, -0.05) is 0 Å². The number of nitrogens with one attached hydrogen (secondary N) is 2. The van der Waals surface area contributed by atoms with E-state index < -0.39 is 5.60 Å². The molecule has 0 spiro atoms. The minimum Gasteiger partial charge on any atom is -0.444 e. The van der Waals surface area contributed by atoms with Gasteiger partial charge in [-0.15, -0.1) is 0 Å². The van der Waals surface area contributed by atoms with Crippen LogP contribution in [0.4, 0.5) is 4.79 Å². The molecule has 0 aromatic carbocycles. The van der Waals surface area contributed by atoms with E-state index in [1.165, 1.54) is 12.8 Å². The maximum Gasteiger partial charge on any atom is 0.410 e. The van der Waals surface area contributed by atoms with Gasteiger partial charge in [-0.25, -0.2) is 4.79 Å². The molecule has 2 saturated heterocycles. The summed E-state index contributed by atoms with van der Waals surface area (Å²) < 4.78 is 11.3. The number of amides is 1. The zero-order chi connectivity index (χ0) is 19.4. The van der Waals surface area contributed by atoms with Crippen molar-refractivity contribution >= 4 is 12.1 Å². The molecule has 1 amide bonds. The molecule has 154 valence electrons. The predicted molar refractivity (Wildman–Crippen MR) is 106 cm³/mol. The van der Waals surface area contributed by atoms with Crippen LogP contribution in [0.2, 0.25) is 0 Å². The van der Waals surface area contributed by atoms with Crippen LogP contribution < -0.4 is 10.6 Å². The first-order chi connectivity index (χ1) is 12.9. The molecule has 0 aromatic heterocycles. The standard InChI is InChI=1S/C20H36N4O3/c1-20(2,3)27-19(25)24-16-7-8-17(24)12-15(11-16)23-18(21-4)22-9-10-26-13-14-5-6-14/h14-17H,5-13H2,1-4H3,(H2,21,22,23). The van der Waals surface area contributed by atoms with E-state index in [9.17, 15) is 4.79 Å². The number of nitrogens with zero attached hydrogens (tertiary/aromatic N) is 2. The van der Waals surface area contributed by atoms with Crippen molar-refractivity contribution in [1.29, 1.82) is 0 Å². The summed E-state index contributed by atoms with van der Waals surface area (Å²) >= 11 is 0. The maximum atomic E-state index is 12.5. The zero-order valence-corrected chi connectivity index (χ0v) is 17.3. The number of piperidine rings is 1. The number of guanidine groups is 1. The van der Waals surface area contributed by atoms with Gasteiger partial charge in [-0.05, 0) is 65.2 Å². The molecule has 3 fully saturated rings. The highest BCUT2D eigenvalue weighted by molar-refractivity contribution is 5.80. The van der Waals surface area contributed by atoms with Gasteiger partial charge in [0.15, 0.2) is 5.96 Å². The average molecular weight is 381 g/mol. The Morgan fingerprint density at radius 2 is 1.81 bits per heavy atom. The molecule has 2 unspecified atom stereocenters. The summed E-state index contributed by atoms with van der Waals surface area (Å²) in [5.74, 6) is 1.62. The minimum atomic E-state index is -0.445. The first-order valence-corrected chi connectivity index (χ1v) is 10.4. The number of carbonyl (C=O) groups excluding carboxylic acids is 1. The molecule has 2 aliphatic heterocycles. The quantitative estimate of drug-likeness (QED) is 0.421. The van der Waals surface area contributed by atoms with Crippen molar-refractivity contribution < 1.29 is 14.3 Å². The molecule has 2 heterocycles. The third-order valence-electron chi connectivity index (χ3n) is 5.49. The predicted octanol–water partition coefficient (Wildman–Crippen LogP) is 2.51. The van der Waals surface area contributed by atoms with Gasteiger partial charge in [0.2, 0.25) is 0 Å². The second kappa shape index (κ2) is 8.67. The summed E-state index contributed by atoms with van der Waals surface area (Å²) in [5.41, 5.74) is -0.445. The molecule has 7 nitrogen and oxygen atoms in total. The van der Waals surface area contributed by atoms with Gasteiger partial charge >= 0.3 is 6.09 Å². The summed E-state index contributed by atoms with van der Waals surface area (Å²) in [6.45, 7) is 8.12. The molecule has 0 aromatic rings. The molecule has 2 bridgehead atoms. The number of fused-ring (bicyclic) bond motifs is 2. The maximum absolute atomic E-state index is 12.5. The largest absolute Gasteiger partial charge is 0.444 e. The fraction of sp³-hybridized carbons (Fsp3) is 0.900. The van der Waals surface area contributed by atoms with Crippen molar-refractivity contribution in [3.05, 3.63) is 0 Å². The van der Waals surface area contributed by atoms with Crippen LogP contribution in [-0.4, -0.2) is 67.5 Å². The van der Waals surface area contributed by atoms with E-state index in [2.05, 4.69) is 15.6 Å². The van der Waals surface area contributed by atoms with Gasteiger partial charge < -0.3 is 25.0 Å². The summed E-state index contributed by atoms with van der Waals surface area (Å²) in [5, 5.41) is 6.87.